The van der Waals surface area contributed by atoms with E-state index in [-0.39, 0.29) is 17.3 Å². The quantitative estimate of drug-likeness (QED) is 0.0978. The zero-order valence-electron chi connectivity index (χ0n) is 23.1. The number of esters is 3. The lowest BCUT2D eigenvalue weighted by Gasteiger charge is -2.12. The smallest absolute Gasteiger partial charge is 0.343 e. The molecule has 8 nitrogen and oxygen atoms in total. The Bertz CT molecular complexity index is 1310. The Labute approximate surface area is 234 Å². The third-order valence-electron chi connectivity index (χ3n) is 5.81. The summed E-state index contributed by atoms with van der Waals surface area (Å²) in [5, 5.41) is 0. The molecule has 0 fully saturated rings. The van der Waals surface area contributed by atoms with Gasteiger partial charge in [0.25, 0.3) is 0 Å². The zero-order valence-corrected chi connectivity index (χ0v) is 23.1. The van der Waals surface area contributed by atoms with Crippen molar-refractivity contribution in [2.24, 2.45) is 0 Å². The van der Waals surface area contributed by atoms with Crippen LogP contribution in [0.2, 0.25) is 0 Å². The van der Waals surface area contributed by atoms with Gasteiger partial charge in [-0.2, -0.15) is 0 Å². The summed E-state index contributed by atoms with van der Waals surface area (Å²) in [6.07, 6.45) is 3.42. The maximum absolute atomic E-state index is 12.7. The Morgan fingerprint density at radius 1 is 0.700 bits per heavy atom. The summed E-state index contributed by atoms with van der Waals surface area (Å²) in [6, 6.07) is 18.1. The first-order chi connectivity index (χ1) is 19.3. The van der Waals surface area contributed by atoms with Gasteiger partial charge in [0.05, 0.1) is 31.5 Å². The fourth-order valence-corrected chi connectivity index (χ4v) is 3.54. The first-order valence-corrected chi connectivity index (χ1v) is 13.0. The molecule has 3 aromatic rings. The van der Waals surface area contributed by atoms with Crippen LogP contribution in [0, 0.1) is 6.92 Å². The van der Waals surface area contributed by atoms with Crippen molar-refractivity contribution < 1.29 is 38.1 Å². The van der Waals surface area contributed by atoms with Gasteiger partial charge in [0.2, 0.25) is 0 Å². The van der Waals surface area contributed by atoms with Gasteiger partial charge >= 0.3 is 17.9 Å². The first-order valence-electron chi connectivity index (χ1n) is 13.0. The zero-order chi connectivity index (χ0) is 28.9. The summed E-state index contributed by atoms with van der Waals surface area (Å²) in [7, 11) is 1.50. The number of hydrogen-bond acceptors (Lipinski definition) is 8. The van der Waals surface area contributed by atoms with Crippen LogP contribution in [0.1, 0.15) is 58.9 Å². The Balaban J connectivity index is 1.45. The van der Waals surface area contributed by atoms with Crippen molar-refractivity contribution >= 4 is 17.9 Å². The lowest BCUT2D eigenvalue weighted by molar-refractivity contribution is -0.139. The predicted molar refractivity (Wildman–Crippen MR) is 150 cm³/mol. The van der Waals surface area contributed by atoms with E-state index < -0.39 is 11.9 Å². The molecule has 0 N–H and O–H groups in total. The van der Waals surface area contributed by atoms with Gasteiger partial charge in [-0.25, -0.2) is 14.4 Å². The normalized spacial score (nSPS) is 10.4. The molecule has 0 radical (unpaired) electrons. The molecular weight excluding hydrogens is 512 g/mol. The van der Waals surface area contributed by atoms with Crippen LogP contribution in [-0.4, -0.2) is 38.2 Å². The lowest BCUT2D eigenvalue weighted by Crippen LogP contribution is -2.10. The molecule has 0 heterocycles. The van der Waals surface area contributed by atoms with Gasteiger partial charge in [0.1, 0.15) is 11.5 Å². The standard InChI is InChI=1S/C32H34O8/c1-22(2)30(33)38-20-8-6-5-7-19-37-28-18-13-25(21-29(28)36-4)32(35)40-27-16-11-24(12-17-27)31(34)39-26-14-9-23(3)10-15-26/h9-18,21H,1,5-8,19-20H2,2-4H3. The van der Waals surface area contributed by atoms with Gasteiger partial charge < -0.3 is 23.7 Å². The fourth-order valence-electron chi connectivity index (χ4n) is 3.54. The molecule has 0 atom stereocenters. The van der Waals surface area contributed by atoms with Gasteiger partial charge in [-0.05, 0) is 94.1 Å². The second-order valence-electron chi connectivity index (χ2n) is 9.16. The molecule has 40 heavy (non-hydrogen) atoms. The minimum atomic E-state index is -0.577. The van der Waals surface area contributed by atoms with Crippen LogP contribution < -0.4 is 18.9 Å². The minimum Gasteiger partial charge on any atom is -0.493 e. The summed E-state index contributed by atoms with van der Waals surface area (Å²) in [4.78, 5) is 36.4. The summed E-state index contributed by atoms with van der Waals surface area (Å²) in [6.45, 7) is 7.98. The molecule has 0 bridgehead atoms. The Morgan fingerprint density at radius 3 is 1.85 bits per heavy atom. The number of hydrogen-bond donors (Lipinski definition) is 0. The Morgan fingerprint density at radius 2 is 1.25 bits per heavy atom. The number of ether oxygens (including phenoxy) is 5. The highest BCUT2D eigenvalue weighted by atomic mass is 16.5. The topological polar surface area (TPSA) is 97.4 Å². The number of aryl methyl sites for hydroxylation is 1. The number of carbonyl (C=O) groups is 3. The number of benzene rings is 3. The highest BCUT2D eigenvalue weighted by Gasteiger charge is 2.15. The summed E-state index contributed by atoms with van der Waals surface area (Å²) in [5.74, 6) is 0.216. The third kappa shape index (κ3) is 9.31. The molecule has 0 saturated heterocycles. The van der Waals surface area contributed by atoms with E-state index in [1.807, 2.05) is 19.1 Å². The summed E-state index contributed by atoms with van der Waals surface area (Å²) < 4.78 is 27.1. The molecule has 0 saturated carbocycles. The van der Waals surface area contributed by atoms with Crippen molar-refractivity contribution in [3.63, 3.8) is 0 Å². The van der Waals surface area contributed by atoms with Crippen molar-refractivity contribution in [2.45, 2.75) is 39.5 Å². The monoisotopic (exact) mass is 546 g/mol. The summed E-state index contributed by atoms with van der Waals surface area (Å²) in [5.41, 5.74) is 2.08. The van der Waals surface area contributed by atoms with E-state index in [4.69, 9.17) is 23.7 Å². The van der Waals surface area contributed by atoms with Gasteiger partial charge in [-0.3, -0.25) is 0 Å². The number of rotatable bonds is 14. The van der Waals surface area contributed by atoms with E-state index in [0.717, 1.165) is 31.2 Å². The fraction of sp³-hybridized carbons (Fsp3) is 0.281. The summed E-state index contributed by atoms with van der Waals surface area (Å²) >= 11 is 0. The molecule has 3 aromatic carbocycles. The van der Waals surface area contributed by atoms with Crippen LogP contribution in [-0.2, 0) is 9.53 Å². The van der Waals surface area contributed by atoms with Gasteiger partial charge in [0.15, 0.2) is 11.5 Å². The highest BCUT2D eigenvalue weighted by molar-refractivity contribution is 5.93. The van der Waals surface area contributed by atoms with E-state index >= 15 is 0 Å². The van der Waals surface area contributed by atoms with Gasteiger partial charge in [-0.1, -0.05) is 24.3 Å². The molecule has 0 aliphatic rings. The molecule has 8 heteroatoms. The Kier molecular flexibility index (Phi) is 11.3. The van der Waals surface area contributed by atoms with Crippen LogP contribution >= 0.6 is 0 Å². The van der Waals surface area contributed by atoms with Crippen molar-refractivity contribution in [2.75, 3.05) is 20.3 Å². The van der Waals surface area contributed by atoms with Crippen LogP contribution in [0.15, 0.2) is 78.9 Å². The molecule has 0 aliphatic heterocycles. The van der Waals surface area contributed by atoms with E-state index in [9.17, 15) is 14.4 Å². The average Bonchev–Trinajstić information content (AvgIpc) is 2.95. The third-order valence-corrected chi connectivity index (χ3v) is 5.81. The molecular formula is C32H34O8. The van der Waals surface area contributed by atoms with Gasteiger partial charge in [0, 0.05) is 5.57 Å². The maximum Gasteiger partial charge on any atom is 0.343 e. The van der Waals surface area contributed by atoms with Crippen LogP contribution in [0.3, 0.4) is 0 Å². The SMILES string of the molecule is C=C(C)C(=O)OCCCCCCOc1ccc(C(=O)Oc2ccc(C(=O)Oc3ccc(C)cc3)cc2)cc1OC. The molecule has 3 rings (SSSR count). The van der Waals surface area contributed by atoms with Gasteiger partial charge in [-0.15, -0.1) is 0 Å². The van der Waals surface area contributed by atoms with E-state index in [1.54, 1.807) is 37.3 Å². The molecule has 0 aromatic heterocycles. The number of carbonyl (C=O) groups excluding carboxylic acids is 3. The second kappa shape index (κ2) is 15.1. The lowest BCUT2D eigenvalue weighted by atomic mass is 10.2. The van der Waals surface area contributed by atoms with Crippen LogP contribution in [0.4, 0.5) is 0 Å². The molecule has 0 aliphatic carbocycles. The van der Waals surface area contributed by atoms with Crippen molar-refractivity contribution in [1.29, 1.82) is 0 Å². The van der Waals surface area contributed by atoms with E-state index in [2.05, 4.69) is 6.58 Å². The highest BCUT2D eigenvalue weighted by Crippen LogP contribution is 2.29. The molecule has 0 unspecified atom stereocenters. The average molecular weight is 547 g/mol. The van der Waals surface area contributed by atoms with Crippen molar-refractivity contribution in [3.05, 3.63) is 95.6 Å². The van der Waals surface area contributed by atoms with Crippen LogP contribution in [0.5, 0.6) is 23.0 Å². The predicted octanol–water partition coefficient (Wildman–Crippen LogP) is 6.50. The second-order valence-corrected chi connectivity index (χ2v) is 9.16. The van der Waals surface area contributed by atoms with Crippen molar-refractivity contribution in [1.82, 2.24) is 0 Å². The Hall–Kier alpha value is -4.59. The van der Waals surface area contributed by atoms with E-state index in [1.165, 1.54) is 31.4 Å². The van der Waals surface area contributed by atoms with E-state index in [0.29, 0.717) is 41.6 Å². The van der Waals surface area contributed by atoms with Crippen molar-refractivity contribution in [3.8, 4) is 23.0 Å². The number of unbranched alkanes of at least 4 members (excludes halogenated alkanes) is 3. The maximum atomic E-state index is 12.7. The molecule has 210 valence electrons. The largest absolute Gasteiger partial charge is 0.493 e. The molecule has 0 amide bonds. The van der Waals surface area contributed by atoms with Crippen LogP contribution in [0.25, 0.3) is 0 Å². The first kappa shape index (κ1) is 30.0. The number of methoxy groups -OCH3 is 1. The molecule has 0 spiro atoms. The minimum absolute atomic E-state index is 0.283.